The fraction of sp³-hybridized carbons (Fsp3) is 0.619. The number of benzene rings is 1. The number of carbonyl (C=O) groups excluding carboxylic acids is 2. The quantitative estimate of drug-likeness (QED) is 0.593. The number of hydrogen-bond donors (Lipinski definition) is 2. The molecule has 1 aromatic rings. The molecule has 2 rings (SSSR count). The van der Waals surface area contributed by atoms with Crippen LogP contribution in [0.4, 0.5) is 9.18 Å². The minimum atomic E-state index is -3.71. The third-order valence-corrected chi connectivity index (χ3v) is 7.07. The third-order valence-electron chi connectivity index (χ3n) is 5.15. The Labute approximate surface area is 183 Å². The lowest BCUT2D eigenvalue weighted by molar-refractivity contribution is -0.126. The van der Waals surface area contributed by atoms with Crippen molar-refractivity contribution in [3.05, 3.63) is 30.1 Å². The Kier molecular flexibility index (Phi) is 9.24. The predicted molar refractivity (Wildman–Crippen MR) is 114 cm³/mol. The Morgan fingerprint density at radius 3 is 2.35 bits per heavy atom. The van der Waals surface area contributed by atoms with E-state index in [0.717, 1.165) is 12.1 Å². The maximum atomic E-state index is 13.1. The van der Waals surface area contributed by atoms with Gasteiger partial charge >= 0.3 is 6.09 Å². The monoisotopic (exact) mass is 457 g/mol. The summed E-state index contributed by atoms with van der Waals surface area (Å²) in [6.07, 6.45) is 0.966. The topological polar surface area (TPSA) is 105 Å². The van der Waals surface area contributed by atoms with Gasteiger partial charge in [0.1, 0.15) is 5.82 Å². The molecule has 1 heterocycles. The Balaban J connectivity index is 1.87. The summed E-state index contributed by atoms with van der Waals surface area (Å²) >= 11 is 0. The molecule has 0 saturated carbocycles. The van der Waals surface area contributed by atoms with E-state index in [0.29, 0.717) is 25.2 Å². The highest BCUT2D eigenvalue weighted by molar-refractivity contribution is 7.89. The molecule has 1 fully saturated rings. The van der Waals surface area contributed by atoms with Crippen LogP contribution in [0.25, 0.3) is 0 Å². The molecule has 0 spiro atoms. The lowest BCUT2D eigenvalue weighted by Gasteiger charge is -2.31. The van der Waals surface area contributed by atoms with Gasteiger partial charge in [0.25, 0.3) is 0 Å². The third kappa shape index (κ3) is 7.46. The summed E-state index contributed by atoms with van der Waals surface area (Å²) in [5, 5.41) is 5.64. The highest BCUT2D eigenvalue weighted by Gasteiger charge is 2.32. The number of carbonyl (C=O) groups is 2. The minimum Gasteiger partial charge on any atom is -0.450 e. The molecular formula is C21H32FN3O5S. The van der Waals surface area contributed by atoms with Gasteiger partial charge < -0.3 is 15.4 Å². The zero-order valence-electron chi connectivity index (χ0n) is 18.3. The van der Waals surface area contributed by atoms with Crippen molar-refractivity contribution in [1.29, 1.82) is 0 Å². The van der Waals surface area contributed by atoms with Crippen LogP contribution in [0.3, 0.4) is 0 Å². The predicted octanol–water partition coefficient (Wildman–Crippen LogP) is 2.50. The average Bonchev–Trinajstić information content (AvgIpc) is 2.72. The van der Waals surface area contributed by atoms with Crippen LogP contribution in [0.1, 0.15) is 40.0 Å². The molecule has 10 heteroatoms. The van der Waals surface area contributed by atoms with Gasteiger partial charge in [-0.15, -0.1) is 0 Å². The molecule has 174 valence electrons. The molecule has 0 aliphatic carbocycles. The van der Waals surface area contributed by atoms with Crippen LogP contribution in [0.2, 0.25) is 0 Å². The van der Waals surface area contributed by atoms with Crippen molar-refractivity contribution in [2.75, 3.05) is 26.2 Å². The Hall–Kier alpha value is -2.20. The van der Waals surface area contributed by atoms with Crippen molar-refractivity contribution >= 4 is 22.0 Å². The Morgan fingerprint density at radius 2 is 1.81 bits per heavy atom. The average molecular weight is 458 g/mol. The van der Waals surface area contributed by atoms with Crippen molar-refractivity contribution in [3.63, 3.8) is 0 Å². The van der Waals surface area contributed by atoms with Gasteiger partial charge in [-0.1, -0.05) is 13.8 Å². The zero-order chi connectivity index (χ0) is 23.0. The number of amides is 2. The van der Waals surface area contributed by atoms with Gasteiger partial charge in [0.15, 0.2) is 0 Å². The van der Waals surface area contributed by atoms with Crippen LogP contribution in [0, 0.1) is 17.7 Å². The SMILES string of the molecule is CCOC(=O)NC(CNC(=O)C1CCN(S(=O)(=O)c2ccc(F)cc2)CC1)CC(C)C. The zero-order valence-corrected chi connectivity index (χ0v) is 19.1. The summed E-state index contributed by atoms with van der Waals surface area (Å²) in [4.78, 5) is 24.4. The Bertz CT molecular complexity index is 837. The molecule has 2 amide bonds. The molecule has 1 aliphatic heterocycles. The van der Waals surface area contributed by atoms with Crippen molar-refractivity contribution in [2.24, 2.45) is 11.8 Å². The summed E-state index contributed by atoms with van der Waals surface area (Å²) in [5.74, 6) is -0.633. The molecule has 1 aromatic carbocycles. The summed E-state index contributed by atoms with van der Waals surface area (Å²) in [6.45, 7) is 6.76. The van der Waals surface area contributed by atoms with E-state index >= 15 is 0 Å². The van der Waals surface area contributed by atoms with Crippen LogP contribution in [0.15, 0.2) is 29.2 Å². The molecule has 1 unspecified atom stereocenters. The molecule has 1 atom stereocenters. The molecule has 0 aromatic heterocycles. The number of nitrogens with zero attached hydrogens (tertiary/aromatic N) is 1. The summed E-state index contributed by atoms with van der Waals surface area (Å²) in [6, 6.07) is 4.47. The summed E-state index contributed by atoms with van der Waals surface area (Å²) in [5.41, 5.74) is 0. The lowest BCUT2D eigenvalue weighted by atomic mass is 9.97. The van der Waals surface area contributed by atoms with Gasteiger partial charge in [-0.05, 0) is 56.4 Å². The number of halogens is 1. The summed E-state index contributed by atoms with van der Waals surface area (Å²) < 4.78 is 44.7. The lowest BCUT2D eigenvalue weighted by Crippen LogP contribution is -2.47. The van der Waals surface area contributed by atoms with E-state index in [1.165, 1.54) is 16.4 Å². The van der Waals surface area contributed by atoms with Crippen molar-refractivity contribution in [2.45, 2.75) is 51.0 Å². The fourth-order valence-corrected chi connectivity index (χ4v) is 5.05. The van der Waals surface area contributed by atoms with Gasteiger partial charge in [0.2, 0.25) is 15.9 Å². The smallest absolute Gasteiger partial charge is 0.407 e. The second kappa shape index (κ2) is 11.4. The first kappa shape index (κ1) is 25.1. The van der Waals surface area contributed by atoms with E-state index in [1.807, 2.05) is 13.8 Å². The van der Waals surface area contributed by atoms with Gasteiger partial charge in [0.05, 0.1) is 11.5 Å². The van der Waals surface area contributed by atoms with Crippen LogP contribution >= 0.6 is 0 Å². The maximum absolute atomic E-state index is 13.1. The minimum absolute atomic E-state index is 0.0402. The number of rotatable bonds is 9. The van der Waals surface area contributed by atoms with Crippen LogP contribution in [-0.4, -0.2) is 57.0 Å². The first-order valence-electron chi connectivity index (χ1n) is 10.6. The van der Waals surface area contributed by atoms with Crippen molar-refractivity contribution < 1.29 is 27.1 Å². The molecule has 0 radical (unpaired) electrons. The second-order valence-electron chi connectivity index (χ2n) is 8.07. The highest BCUT2D eigenvalue weighted by Crippen LogP contribution is 2.24. The van der Waals surface area contributed by atoms with E-state index in [1.54, 1.807) is 6.92 Å². The maximum Gasteiger partial charge on any atom is 0.407 e. The van der Waals surface area contributed by atoms with Crippen LogP contribution < -0.4 is 10.6 Å². The van der Waals surface area contributed by atoms with Gasteiger partial charge in [-0.2, -0.15) is 4.31 Å². The van der Waals surface area contributed by atoms with Crippen molar-refractivity contribution in [3.8, 4) is 0 Å². The fourth-order valence-electron chi connectivity index (χ4n) is 3.58. The number of hydrogen-bond acceptors (Lipinski definition) is 5. The molecule has 1 aliphatic rings. The normalized spacial score (nSPS) is 16.7. The molecule has 1 saturated heterocycles. The number of nitrogens with one attached hydrogen (secondary N) is 2. The van der Waals surface area contributed by atoms with E-state index in [9.17, 15) is 22.4 Å². The molecule has 31 heavy (non-hydrogen) atoms. The van der Waals surface area contributed by atoms with Gasteiger partial charge in [-0.3, -0.25) is 4.79 Å². The highest BCUT2D eigenvalue weighted by atomic mass is 32.2. The molecular weight excluding hydrogens is 425 g/mol. The number of sulfonamides is 1. The largest absolute Gasteiger partial charge is 0.450 e. The van der Waals surface area contributed by atoms with E-state index < -0.39 is 21.9 Å². The Morgan fingerprint density at radius 1 is 1.19 bits per heavy atom. The first-order valence-corrected chi connectivity index (χ1v) is 12.0. The number of alkyl carbamates (subject to hydrolysis) is 1. The first-order chi connectivity index (χ1) is 14.6. The van der Waals surface area contributed by atoms with Crippen LogP contribution in [0.5, 0.6) is 0 Å². The number of ether oxygens (including phenoxy) is 1. The van der Waals surface area contributed by atoms with Gasteiger partial charge in [-0.25, -0.2) is 17.6 Å². The van der Waals surface area contributed by atoms with E-state index in [4.69, 9.17) is 4.74 Å². The molecule has 8 nitrogen and oxygen atoms in total. The van der Waals surface area contributed by atoms with Crippen molar-refractivity contribution in [1.82, 2.24) is 14.9 Å². The molecule has 0 bridgehead atoms. The van der Waals surface area contributed by atoms with Crippen LogP contribution in [-0.2, 0) is 19.6 Å². The van der Waals surface area contributed by atoms with E-state index in [2.05, 4.69) is 10.6 Å². The van der Waals surface area contributed by atoms with Gasteiger partial charge in [0, 0.05) is 31.6 Å². The number of piperidine rings is 1. The van der Waals surface area contributed by atoms with E-state index in [-0.39, 0.29) is 49.0 Å². The molecule has 2 N–H and O–H groups in total. The summed E-state index contributed by atoms with van der Waals surface area (Å²) in [7, 11) is -3.71. The standard InChI is InChI=1S/C21H32FN3O5S/c1-4-30-21(27)24-18(13-15(2)3)14-23-20(26)16-9-11-25(12-10-16)31(28,29)19-7-5-17(22)6-8-19/h5-8,15-16,18H,4,9-14H2,1-3H3,(H,23,26)(H,24,27). The second-order valence-corrected chi connectivity index (χ2v) is 10.0.